The van der Waals surface area contributed by atoms with Gasteiger partial charge in [-0.15, -0.1) is 0 Å². The van der Waals surface area contributed by atoms with Gasteiger partial charge in [0, 0.05) is 18.1 Å². The van der Waals surface area contributed by atoms with E-state index >= 15 is 0 Å². The average Bonchev–Trinajstić information content (AvgIpc) is 2.26. The average molecular weight is 277 g/mol. The van der Waals surface area contributed by atoms with Crippen LogP contribution in [0.2, 0.25) is 5.02 Å². The van der Waals surface area contributed by atoms with E-state index in [0.717, 1.165) is 12.0 Å². The lowest BCUT2D eigenvalue weighted by molar-refractivity contribution is 0.566. The Morgan fingerprint density at radius 3 is 2.59 bits per heavy atom. The summed E-state index contributed by atoms with van der Waals surface area (Å²) in [4.78, 5) is 0. The second kappa shape index (κ2) is 6.96. The van der Waals surface area contributed by atoms with Gasteiger partial charge >= 0.3 is 0 Å². The minimum absolute atomic E-state index is 0.361. The predicted molar refractivity (Wildman–Crippen MR) is 70.4 cm³/mol. The van der Waals surface area contributed by atoms with Gasteiger partial charge in [0.2, 0.25) is 0 Å². The second-order valence-electron chi connectivity index (χ2n) is 3.67. The van der Waals surface area contributed by atoms with E-state index < -0.39 is 10.2 Å². The van der Waals surface area contributed by atoms with Gasteiger partial charge in [0.05, 0.1) is 0 Å². The van der Waals surface area contributed by atoms with Crippen LogP contribution in [0.1, 0.15) is 18.9 Å². The van der Waals surface area contributed by atoms with Gasteiger partial charge < -0.3 is 0 Å². The zero-order valence-corrected chi connectivity index (χ0v) is 11.3. The van der Waals surface area contributed by atoms with E-state index in [2.05, 4.69) is 9.44 Å². The van der Waals surface area contributed by atoms with Gasteiger partial charge in [-0.05, 0) is 30.5 Å². The third kappa shape index (κ3) is 6.02. The van der Waals surface area contributed by atoms with Gasteiger partial charge in [-0.3, -0.25) is 0 Å². The summed E-state index contributed by atoms with van der Waals surface area (Å²) in [5, 5.41) is 0.662. The SMILES string of the molecule is CCCNS(=O)(=O)NCCc1cccc(Cl)c1. The first kappa shape index (κ1) is 14.4. The number of hydrogen-bond acceptors (Lipinski definition) is 2. The van der Waals surface area contributed by atoms with Crippen molar-refractivity contribution < 1.29 is 8.42 Å². The monoisotopic (exact) mass is 276 g/mol. The van der Waals surface area contributed by atoms with Crippen LogP contribution < -0.4 is 9.44 Å². The molecule has 0 saturated carbocycles. The molecule has 0 aliphatic heterocycles. The summed E-state index contributed by atoms with van der Waals surface area (Å²) in [6, 6.07) is 7.38. The molecule has 0 radical (unpaired) electrons. The van der Waals surface area contributed by atoms with Crippen molar-refractivity contribution in [1.82, 2.24) is 9.44 Å². The highest BCUT2D eigenvalue weighted by Gasteiger charge is 2.06. The first-order valence-corrected chi connectivity index (χ1v) is 7.38. The molecule has 6 heteroatoms. The Kier molecular flexibility index (Phi) is 5.91. The lowest BCUT2D eigenvalue weighted by Crippen LogP contribution is -2.37. The summed E-state index contributed by atoms with van der Waals surface area (Å²) in [5.41, 5.74) is 1.01. The molecule has 0 bridgehead atoms. The van der Waals surface area contributed by atoms with Crippen LogP contribution in [0, 0.1) is 0 Å². The van der Waals surface area contributed by atoms with Crippen LogP contribution in [-0.2, 0) is 16.6 Å². The number of halogens is 1. The Morgan fingerprint density at radius 2 is 1.94 bits per heavy atom. The largest absolute Gasteiger partial charge is 0.276 e. The minimum atomic E-state index is -3.36. The molecule has 4 nitrogen and oxygen atoms in total. The Balaban J connectivity index is 2.37. The van der Waals surface area contributed by atoms with Gasteiger partial charge in [-0.25, -0.2) is 9.44 Å². The van der Waals surface area contributed by atoms with E-state index in [4.69, 9.17) is 11.6 Å². The molecule has 0 unspecified atom stereocenters. The van der Waals surface area contributed by atoms with Gasteiger partial charge in [0.25, 0.3) is 10.2 Å². The van der Waals surface area contributed by atoms with Crippen LogP contribution in [0.4, 0.5) is 0 Å². The molecule has 1 rings (SSSR count). The highest BCUT2D eigenvalue weighted by Crippen LogP contribution is 2.10. The van der Waals surface area contributed by atoms with E-state index in [9.17, 15) is 8.42 Å². The Bertz CT molecular complexity index is 449. The fraction of sp³-hybridized carbons (Fsp3) is 0.455. The molecule has 1 aromatic rings. The van der Waals surface area contributed by atoms with Crippen LogP contribution in [0.15, 0.2) is 24.3 Å². The molecule has 96 valence electrons. The van der Waals surface area contributed by atoms with Crippen molar-refractivity contribution in [2.45, 2.75) is 19.8 Å². The summed E-state index contributed by atoms with van der Waals surface area (Å²) in [7, 11) is -3.36. The highest BCUT2D eigenvalue weighted by molar-refractivity contribution is 7.87. The molecular weight excluding hydrogens is 260 g/mol. The predicted octanol–water partition coefficient (Wildman–Crippen LogP) is 1.72. The number of hydrogen-bond donors (Lipinski definition) is 2. The van der Waals surface area contributed by atoms with Crippen LogP contribution >= 0.6 is 11.6 Å². The number of rotatable bonds is 7. The molecule has 0 heterocycles. The first-order valence-electron chi connectivity index (χ1n) is 5.52. The fourth-order valence-electron chi connectivity index (χ4n) is 1.31. The normalized spacial score (nSPS) is 11.6. The third-order valence-corrected chi connectivity index (χ3v) is 3.54. The Morgan fingerprint density at radius 1 is 1.24 bits per heavy atom. The molecule has 0 atom stereocenters. The second-order valence-corrected chi connectivity index (χ2v) is 5.69. The minimum Gasteiger partial charge on any atom is -0.202 e. The van der Waals surface area contributed by atoms with E-state index in [-0.39, 0.29) is 0 Å². The molecule has 0 aromatic heterocycles. The number of nitrogens with one attached hydrogen (secondary N) is 2. The first-order chi connectivity index (χ1) is 8.03. The van der Waals surface area contributed by atoms with Crippen LogP contribution in [0.25, 0.3) is 0 Å². The van der Waals surface area contributed by atoms with Gasteiger partial charge in [-0.2, -0.15) is 8.42 Å². The van der Waals surface area contributed by atoms with Crippen LogP contribution in [0.3, 0.4) is 0 Å². The lowest BCUT2D eigenvalue weighted by Gasteiger charge is -2.07. The Hall–Kier alpha value is -0.620. The molecule has 17 heavy (non-hydrogen) atoms. The molecule has 1 aromatic carbocycles. The van der Waals surface area contributed by atoms with Crippen molar-refractivity contribution in [1.29, 1.82) is 0 Å². The van der Waals surface area contributed by atoms with Gasteiger partial charge in [0.1, 0.15) is 0 Å². The van der Waals surface area contributed by atoms with E-state index in [0.29, 0.717) is 24.5 Å². The van der Waals surface area contributed by atoms with E-state index in [1.165, 1.54) is 0 Å². The van der Waals surface area contributed by atoms with Gasteiger partial charge in [-0.1, -0.05) is 30.7 Å². The van der Waals surface area contributed by atoms with Crippen LogP contribution in [-0.4, -0.2) is 21.5 Å². The molecule has 0 amide bonds. The zero-order valence-electron chi connectivity index (χ0n) is 9.74. The summed E-state index contributed by atoms with van der Waals surface area (Å²) in [5.74, 6) is 0. The standard InChI is InChI=1S/C11H17ClN2O2S/c1-2-7-13-17(15,16)14-8-6-10-4-3-5-11(12)9-10/h3-5,9,13-14H,2,6-8H2,1H3. The fourth-order valence-corrected chi connectivity index (χ4v) is 2.47. The molecule has 0 saturated heterocycles. The van der Waals surface area contributed by atoms with Crippen LogP contribution in [0.5, 0.6) is 0 Å². The maximum absolute atomic E-state index is 11.4. The van der Waals surface area contributed by atoms with Crippen molar-refractivity contribution >= 4 is 21.8 Å². The summed E-state index contributed by atoms with van der Waals surface area (Å²) in [6.45, 7) is 2.72. The van der Waals surface area contributed by atoms with Crippen molar-refractivity contribution in [2.24, 2.45) is 0 Å². The van der Waals surface area contributed by atoms with Gasteiger partial charge in [0.15, 0.2) is 0 Å². The summed E-state index contributed by atoms with van der Waals surface area (Å²) < 4.78 is 27.7. The third-order valence-electron chi connectivity index (χ3n) is 2.14. The van der Waals surface area contributed by atoms with Crippen molar-refractivity contribution in [3.63, 3.8) is 0 Å². The molecule has 0 spiro atoms. The summed E-state index contributed by atoms with van der Waals surface area (Å²) >= 11 is 5.83. The molecule has 0 aliphatic carbocycles. The topological polar surface area (TPSA) is 58.2 Å². The maximum Gasteiger partial charge on any atom is 0.276 e. The van der Waals surface area contributed by atoms with Crippen molar-refractivity contribution in [3.8, 4) is 0 Å². The quantitative estimate of drug-likeness (QED) is 0.797. The van der Waals surface area contributed by atoms with E-state index in [1.807, 2.05) is 25.1 Å². The zero-order chi connectivity index (χ0) is 12.7. The maximum atomic E-state index is 11.4. The highest BCUT2D eigenvalue weighted by atomic mass is 35.5. The lowest BCUT2D eigenvalue weighted by atomic mass is 10.2. The molecular formula is C11H17ClN2O2S. The molecule has 0 aliphatic rings. The Labute approximate surface area is 108 Å². The number of benzene rings is 1. The molecule has 0 fully saturated rings. The summed E-state index contributed by atoms with van der Waals surface area (Å²) in [6.07, 6.45) is 1.39. The van der Waals surface area contributed by atoms with E-state index in [1.54, 1.807) is 6.07 Å². The van der Waals surface area contributed by atoms with Crippen molar-refractivity contribution in [3.05, 3.63) is 34.9 Å². The smallest absolute Gasteiger partial charge is 0.202 e. The van der Waals surface area contributed by atoms with Crippen molar-refractivity contribution in [2.75, 3.05) is 13.1 Å². The molecule has 2 N–H and O–H groups in total.